The number of carbonyl (C=O) groups is 2. The van der Waals surface area contributed by atoms with E-state index in [0.29, 0.717) is 12.8 Å². The third-order valence-corrected chi connectivity index (χ3v) is 5.97. The van der Waals surface area contributed by atoms with E-state index in [9.17, 15) is 27.9 Å². The monoisotopic (exact) mass is 490 g/mol. The standard InChI is InChI=1S/C25H29F3N4O3/c1-3-15(2)22(32-24(35)31-21-11-7-5-9-19(21)25(26,27)28)23(34)30-17(14-33)12-16-13-29-20-10-6-4-8-18(16)20/h4-11,13,15,17,22,29,33H,3,12,14H2,1-2H3,(H,30,34)(H2,31,32,35)/t15-,17-,22-/m0/s1. The van der Waals surface area contributed by atoms with Crippen LogP contribution >= 0.6 is 0 Å². The van der Waals surface area contributed by atoms with E-state index in [4.69, 9.17) is 0 Å². The van der Waals surface area contributed by atoms with Crippen LogP contribution in [0, 0.1) is 5.92 Å². The normalized spacial score (nSPS) is 14.2. The van der Waals surface area contributed by atoms with Gasteiger partial charge in [0, 0.05) is 17.1 Å². The van der Waals surface area contributed by atoms with Crippen molar-refractivity contribution in [2.75, 3.05) is 11.9 Å². The Balaban J connectivity index is 1.70. The molecule has 2 aromatic carbocycles. The maximum absolute atomic E-state index is 13.2. The lowest BCUT2D eigenvalue weighted by Gasteiger charge is -2.26. The number of fused-ring (bicyclic) bond motifs is 1. The zero-order valence-corrected chi connectivity index (χ0v) is 19.4. The maximum atomic E-state index is 13.2. The van der Waals surface area contributed by atoms with Crippen LogP contribution in [-0.4, -0.2) is 40.7 Å². The fraction of sp³-hybridized carbons (Fsp3) is 0.360. The molecule has 0 aliphatic rings. The molecule has 0 aliphatic carbocycles. The molecule has 7 nitrogen and oxygen atoms in total. The van der Waals surface area contributed by atoms with Crippen LogP contribution in [-0.2, 0) is 17.4 Å². The van der Waals surface area contributed by atoms with Gasteiger partial charge >= 0.3 is 12.2 Å². The number of aromatic nitrogens is 1. The molecule has 3 amide bonds. The number of H-pyrrole nitrogens is 1. The van der Waals surface area contributed by atoms with Crippen molar-refractivity contribution in [1.29, 1.82) is 0 Å². The number of nitrogens with one attached hydrogen (secondary N) is 4. The minimum absolute atomic E-state index is 0.314. The molecule has 10 heteroatoms. The van der Waals surface area contributed by atoms with Gasteiger partial charge in [-0.25, -0.2) is 4.79 Å². The first kappa shape index (κ1) is 26.1. The number of hydrogen-bond donors (Lipinski definition) is 5. The Bertz CT molecular complexity index is 1160. The topological polar surface area (TPSA) is 106 Å². The zero-order valence-electron chi connectivity index (χ0n) is 19.4. The van der Waals surface area contributed by atoms with Crippen LogP contribution in [0.4, 0.5) is 23.7 Å². The number of halogens is 3. The van der Waals surface area contributed by atoms with Crippen LogP contribution < -0.4 is 16.0 Å². The fourth-order valence-electron chi connectivity index (χ4n) is 3.86. The van der Waals surface area contributed by atoms with Crippen molar-refractivity contribution in [1.82, 2.24) is 15.6 Å². The van der Waals surface area contributed by atoms with Gasteiger partial charge in [0.2, 0.25) is 5.91 Å². The summed E-state index contributed by atoms with van der Waals surface area (Å²) in [4.78, 5) is 28.8. The number of carbonyl (C=O) groups excluding carboxylic acids is 2. The minimum Gasteiger partial charge on any atom is -0.394 e. The first-order chi connectivity index (χ1) is 16.6. The number of rotatable bonds is 9. The number of aliphatic hydroxyl groups excluding tert-OH is 1. The summed E-state index contributed by atoms with van der Waals surface area (Å²) in [5, 5.41) is 18.3. The summed E-state index contributed by atoms with van der Waals surface area (Å²) < 4.78 is 39.7. The molecule has 3 rings (SSSR count). The van der Waals surface area contributed by atoms with Crippen LogP contribution in [0.1, 0.15) is 31.4 Å². The molecule has 0 fully saturated rings. The summed E-state index contributed by atoms with van der Waals surface area (Å²) in [6.07, 6.45) is -1.95. The Morgan fingerprint density at radius 1 is 1.06 bits per heavy atom. The second kappa shape index (κ2) is 11.3. The molecule has 0 unspecified atom stereocenters. The Morgan fingerprint density at radius 2 is 1.74 bits per heavy atom. The molecule has 1 heterocycles. The lowest BCUT2D eigenvalue weighted by Crippen LogP contribution is -2.54. The molecule has 3 atom stereocenters. The van der Waals surface area contributed by atoms with Gasteiger partial charge in [0.15, 0.2) is 0 Å². The largest absolute Gasteiger partial charge is 0.418 e. The average molecular weight is 491 g/mol. The zero-order chi connectivity index (χ0) is 25.6. The van der Waals surface area contributed by atoms with Gasteiger partial charge in [0.25, 0.3) is 0 Å². The van der Waals surface area contributed by atoms with E-state index in [1.807, 2.05) is 37.4 Å². The van der Waals surface area contributed by atoms with E-state index >= 15 is 0 Å². The Kier molecular flexibility index (Phi) is 8.39. The van der Waals surface area contributed by atoms with E-state index in [-0.39, 0.29) is 12.5 Å². The number of para-hydroxylation sites is 2. The van der Waals surface area contributed by atoms with Crippen LogP contribution in [0.25, 0.3) is 10.9 Å². The number of amides is 3. The van der Waals surface area contributed by atoms with E-state index < -0.39 is 41.4 Å². The second-order valence-electron chi connectivity index (χ2n) is 8.46. The van der Waals surface area contributed by atoms with Crippen LogP contribution in [0.15, 0.2) is 54.7 Å². The Hall–Kier alpha value is -3.53. The summed E-state index contributed by atoms with van der Waals surface area (Å²) in [5.41, 5.74) is 0.446. The maximum Gasteiger partial charge on any atom is 0.418 e. The molecule has 3 aromatic rings. The predicted octanol–water partition coefficient (Wildman–Crippen LogP) is 4.44. The first-order valence-electron chi connectivity index (χ1n) is 11.3. The highest BCUT2D eigenvalue weighted by Crippen LogP contribution is 2.34. The molecule has 35 heavy (non-hydrogen) atoms. The summed E-state index contributed by atoms with van der Waals surface area (Å²) >= 11 is 0. The van der Waals surface area contributed by atoms with Gasteiger partial charge in [-0.1, -0.05) is 50.6 Å². The summed E-state index contributed by atoms with van der Waals surface area (Å²) in [6.45, 7) is 3.25. The van der Waals surface area contributed by atoms with E-state index in [1.165, 1.54) is 12.1 Å². The number of aromatic amines is 1. The van der Waals surface area contributed by atoms with E-state index in [2.05, 4.69) is 20.9 Å². The van der Waals surface area contributed by atoms with Crippen molar-refractivity contribution in [3.63, 3.8) is 0 Å². The summed E-state index contributed by atoms with van der Waals surface area (Å²) in [6, 6.07) is 9.69. The quantitative estimate of drug-likeness (QED) is 0.306. The van der Waals surface area contributed by atoms with Gasteiger partial charge < -0.3 is 26.0 Å². The average Bonchev–Trinajstić information content (AvgIpc) is 3.24. The summed E-state index contributed by atoms with van der Waals surface area (Å²) in [5.74, 6) is -0.844. The van der Waals surface area contributed by atoms with Crippen molar-refractivity contribution in [2.24, 2.45) is 5.92 Å². The molecule has 0 saturated carbocycles. The molecule has 0 radical (unpaired) electrons. The first-order valence-corrected chi connectivity index (χ1v) is 11.3. The number of anilines is 1. The fourth-order valence-corrected chi connectivity index (χ4v) is 3.86. The van der Waals surface area contributed by atoms with Gasteiger partial charge in [-0.3, -0.25) is 4.79 Å². The highest BCUT2D eigenvalue weighted by Gasteiger charge is 2.34. The van der Waals surface area contributed by atoms with Crippen molar-refractivity contribution >= 4 is 28.5 Å². The number of aliphatic hydroxyl groups is 1. The lowest BCUT2D eigenvalue weighted by molar-refractivity contribution is -0.137. The van der Waals surface area contributed by atoms with Crippen molar-refractivity contribution < 1.29 is 27.9 Å². The number of benzene rings is 2. The summed E-state index contributed by atoms with van der Waals surface area (Å²) in [7, 11) is 0. The number of hydrogen-bond acceptors (Lipinski definition) is 3. The third-order valence-electron chi connectivity index (χ3n) is 5.97. The van der Waals surface area contributed by atoms with Crippen LogP contribution in [0.2, 0.25) is 0 Å². The lowest BCUT2D eigenvalue weighted by atomic mass is 9.97. The molecular formula is C25H29F3N4O3. The van der Waals surface area contributed by atoms with Crippen LogP contribution in [0.3, 0.4) is 0 Å². The van der Waals surface area contributed by atoms with E-state index in [0.717, 1.165) is 28.6 Å². The predicted molar refractivity (Wildman–Crippen MR) is 128 cm³/mol. The Labute approximate surface area is 201 Å². The molecule has 0 spiro atoms. The molecule has 5 N–H and O–H groups in total. The molecule has 188 valence electrons. The minimum atomic E-state index is -4.64. The molecule has 0 bridgehead atoms. The Morgan fingerprint density at radius 3 is 2.43 bits per heavy atom. The van der Waals surface area contributed by atoms with Crippen LogP contribution in [0.5, 0.6) is 0 Å². The van der Waals surface area contributed by atoms with Gasteiger partial charge in [-0.05, 0) is 36.1 Å². The van der Waals surface area contributed by atoms with Gasteiger partial charge in [-0.15, -0.1) is 0 Å². The second-order valence-corrected chi connectivity index (χ2v) is 8.46. The van der Waals surface area contributed by atoms with Crippen molar-refractivity contribution in [2.45, 2.75) is 44.9 Å². The molecule has 0 aliphatic heterocycles. The number of urea groups is 1. The smallest absolute Gasteiger partial charge is 0.394 e. The third kappa shape index (κ3) is 6.54. The van der Waals surface area contributed by atoms with Gasteiger partial charge in [0.05, 0.1) is 23.9 Å². The highest BCUT2D eigenvalue weighted by atomic mass is 19.4. The number of alkyl halides is 3. The SMILES string of the molecule is CC[C@H](C)[C@H](NC(=O)Nc1ccccc1C(F)(F)F)C(=O)N[C@H](CO)Cc1c[nH]c2ccccc12. The van der Waals surface area contributed by atoms with Crippen molar-refractivity contribution in [3.05, 3.63) is 65.9 Å². The van der Waals surface area contributed by atoms with E-state index in [1.54, 1.807) is 6.92 Å². The molecular weight excluding hydrogens is 461 g/mol. The van der Waals surface area contributed by atoms with Crippen molar-refractivity contribution in [3.8, 4) is 0 Å². The van der Waals surface area contributed by atoms with Gasteiger partial charge in [0.1, 0.15) is 6.04 Å². The molecule has 1 aromatic heterocycles. The molecule has 0 saturated heterocycles. The van der Waals surface area contributed by atoms with Gasteiger partial charge in [-0.2, -0.15) is 13.2 Å². The highest BCUT2D eigenvalue weighted by molar-refractivity contribution is 5.94.